The van der Waals surface area contributed by atoms with Crippen molar-refractivity contribution in [1.82, 2.24) is 0 Å². The molecule has 0 radical (unpaired) electrons. The van der Waals surface area contributed by atoms with Gasteiger partial charge in [-0.25, -0.2) is 0 Å². The fourth-order valence-corrected chi connectivity index (χ4v) is 3.88. The van der Waals surface area contributed by atoms with E-state index in [1.54, 1.807) is 23.1 Å². The van der Waals surface area contributed by atoms with Crippen LogP contribution in [0.2, 0.25) is 0 Å². The van der Waals surface area contributed by atoms with Crippen LogP contribution in [0.15, 0.2) is 60.7 Å². The zero-order valence-corrected chi connectivity index (χ0v) is 19.9. The predicted octanol–water partition coefficient (Wildman–Crippen LogP) is 5.45. The van der Waals surface area contributed by atoms with E-state index in [0.29, 0.717) is 35.8 Å². The van der Waals surface area contributed by atoms with Crippen molar-refractivity contribution in [3.63, 3.8) is 0 Å². The molecule has 6 nitrogen and oxygen atoms in total. The van der Waals surface area contributed by atoms with Gasteiger partial charge in [0.1, 0.15) is 11.5 Å². The van der Waals surface area contributed by atoms with Gasteiger partial charge < -0.3 is 19.7 Å². The number of benzene rings is 3. The number of aryl methyl sites for hydroxylation is 3. The zero-order valence-electron chi connectivity index (χ0n) is 19.9. The standard InChI is InChI=1S/C28H30N2O4/c1-19-7-6-8-24(15-19)33-14-5-4-13-30-25-17-23(11-12-26(25)34-18-27(30)31)29-28(32)22-10-9-20(2)21(3)16-22/h6-12,15-17H,4-5,13-14,18H2,1-3H3,(H,29,32). The van der Waals surface area contributed by atoms with Crippen LogP contribution in [0, 0.1) is 20.8 Å². The summed E-state index contributed by atoms with van der Waals surface area (Å²) in [6, 6.07) is 19.0. The quantitative estimate of drug-likeness (QED) is 0.456. The number of amides is 2. The molecule has 2 amide bonds. The van der Waals surface area contributed by atoms with E-state index in [9.17, 15) is 9.59 Å². The van der Waals surface area contributed by atoms with Gasteiger partial charge in [-0.1, -0.05) is 18.2 Å². The number of carbonyl (C=O) groups is 2. The molecule has 1 aliphatic heterocycles. The molecule has 0 spiro atoms. The maximum Gasteiger partial charge on any atom is 0.265 e. The van der Waals surface area contributed by atoms with Gasteiger partial charge in [0.05, 0.1) is 12.3 Å². The normalized spacial score (nSPS) is 12.7. The van der Waals surface area contributed by atoms with E-state index in [1.807, 2.05) is 63.2 Å². The fraction of sp³-hybridized carbons (Fsp3) is 0.286. The number of anilines is 2. The van der Waals surface area contributed by atoms with Crippen LogP contribution in [0.4, 0.5) is 11.4 Å². The first-order valence-electron chi connectivity index (χ1n) is 11.6. The molecule has 1 aliphatic rings. The Morgan fingerprint density at radius 3 is 2.65 bits per heavy atom. The first-order chi connectivity index (χ1) is 16.4. The van der Waals surface area contributed by atoms with E-state index in [2.05, 4.69) is 5.32 Å². The Bertz CT molecular complexity index is 1200. The molecule has 3 aromatic carbocycles. The number of rotatable bonds is 8. The van der Waals surface area contributed by atoms with Crippen molar-refractivity contribution in [3.05, 3.63) is 82.9 Å². The summed E-state index contributed by atoms with van der Waals surface area (Å²) in [5.74, 6) is 1.22. The SMILES string of the molecule is Cc1cccc(OCCCCN2C(=O)COc3ccc(NC(=O)c4ccc(C)c(C)c4)cc32)c1. The third-order valence-electron chi connectivity index (χ3n) is 5.96. The molecule has 0 bridgehead atoms. The Hall–Kier alpha value is -3.80. The molecule has 6 heteroatoms. The monoisotopic (exact) mass is 458 g/mol. The van der Waals surface area contributed by atoms with E-state index in [0.717, 1.165) is 35.3 Å². The summed E-state index contributed by atoms with van der Waals surface area (Å²) in [6.45, 7) is 7.19. The number of ether oxygens (including phenoxy) is 2. The van der Waals surface area contributed by atoms with E-state index < -0.39 is 0 Å². The third-order valence-corrected chi connectivity index (χ3v) is 5.96. The van der Waals surface area contributed by atoms with Crippen LogP contribution in [0.1, 0.15) is 39.9 Å². The molecule has 0 aliphatic carbocycles. The smallest absolute Gasteiger partial charge is 0.265 e. The van der Waals surface area contributed by atoms with Crippen molar-refractivity contribution in [1.29, 1.82) is 0 Å². The molecule has 0 saturated heterocycles. The van der Waals surface area contributed by atoms with Gasteiger partial charge in [0.25, 0.3) is 11.8 Å². The summed E-state index contributed by atoms with van der Waals surface area (Å²) in [5.41, 5.74) is 5.25. The predicted molar refractivity (Wildman–Crippen MR) is 134 cm³/mol. The average Bonchev–Trinajstić information content (AvgIpc) is 2.82. The van der Waals surface area contributed by atoms with Crippen LogP contribution >= 0.6 is 0 Å². The number of fused-ring (bicyclic) bond motifs is 1. The Balaban J connectivity index is 1.38. The van der Waals surface area contributed by atoms with E-state index >= 15 is 0 Å². The number of nitrogens with zero attached hydrogens (tertiary/aromatic N) is 1. The van der Waals surface area contributed by atoms with Gasteiger partial charge in [0.2, 0.25) is 0 Å². The van der Waals surface area contributed by atoms with Crippen LogP contribution < -0.4 is 19.7 Å². The van der Waals surface area contributed by atoms with Gasteiger partial charge in [0.15, 0.2) is 6.61 Å². The first kappa shape index (κ1) is 23.4. The van der Waals surface area contributed by atoms with Crippen LogP contribution in [-0.2, 0) is 4.79 Å². The summed E-state index contributed by atoms with van der Waals surface area (Å²) in [7, 11) is 0. The summed E-state index contributed by atoms with van der Waals surface area (Å²) in [4.78, 5) is 27.1. The minimum Gasteiger partial charge on any atom is -0.494 e. The molecule has 0 fully saturated rings. The van der Waals surface area contributed by atoms with E-state index in [-0.39, 0.29) is 18.4 Å². The second-order valence-corrected chi connectivity index (χ2v) is 8.64. The number of nitrogens with one attached hydrogen (secondary N) is 1. The Morgan fingerprint density at radius 1 is 1.00 bits per heavy atom. The molecular weight excluding hydrogens is 428 g/mol. The lowest BCUT2D eigenvalue weighted by molar-refractivity contribution is -0.121. The maximum absolute atomic E-state index is 12.7. The highest BCUT2D eigenvalue weighted by Crippen LogP contribution is 2.35. The molecule has 1 N–H and O–H groups in total. The average molecular weight is 459 g/mol. The number of hydrogen-bond acceptors (Lipinski definition) is 4. The molecule has 0 unspecified atom stereocenters. The molecule has 4 rings (SSSR count). The van der Waals surface area contributed by atoms with Crippen LogP contribution in [-0.4, -0.2) is 31.6 Å². The molecule has 3 aromatic rings. The lowest BCUT2D eigenvalue weighted by atomic mass is 10.1. The Morgan fingerprint density at radius 2 is 1.85 bits per heavy atom. The highest BCUT2D eigenvalue weighted by atomic mass is 16.5. The molecule has 176 valence electrons. The minimum absolute atomic E-state index is 0.0150. The lowest BCUT2D eigenvalue weighted by Gasteiger charge is -2.30. The second-order valence-electron chi connectivity index (χ2n) is 8.64. The van der Waals surface area contributed by atoms with Crippen molar-refractivity contribution in [3.8, 4) is 11.5 Å². The Labute approximate surface area is 200 Å². The van der Waals surface area contributed by atoms with Crippen molar-refractivity contribution in [2.75, 3.05) is 30.0 Å². The number of unbranched alkanes of at least 4 members (excludes halogenated alkanes) is 1. The molecule has 0 atom stereocenters. The summed E-state index contributed by atoms with van der Waals surface area (Å²) in [6.07, 6.45) is 1.60. The van der Waals surface area contributed by atoms with Gasteiger partial charge in [-0.3, -0.25) is 9.59 Å². The van der Waals surface area contributed by atoms with Gasteiger partial charge in [-0.05, 0) is 92.8 Å². The van der Waals surface area contributed by atoms with Gasteiger partial charge in [0, 0.05) is 17.8 Å². The number of carbonyl (C=O) groups excluding carboxylic acids is 2. The first-order valence-corrected chi connectivity index (χ1v) is 11.6. The van der Waals surface area contributed by atoms with E-state index in [4.69, 9.17) is 9.47 Å². The highest BCUT2D eigenvalue weighted by Gasteiger charge is 2.25. The summed E-state index contributed by atoms with van der Waals surface area (Å²) < 4.78 is 11.4. The van der Waals surface area contributed by atoms with E-state index in [1.165, 1.54) is 0 Å². The minimum atomic E-state index is -0.189. The van der Waals surface area contributed by atoms with Gasteiger partial charge >= 0.3 is 0 Å². The van der Waals surface area contributed by atoms with Crippen LogP contribution in [0.3, 0.4) is 0 Å². The molecular formula is C28H30N2O4. The summed E-state index contributed by atoms with van der Waals surface area (Å²) in [5, 5.41) is 2.94. The fourth-order valence-electron chi connectivity index (χ4n) is 3.88. The largest absolute Gasteiger partial charge is 0.494 e. The lowest BCUT2D eigenvalue weighted by Crippen LogP contribution is -2.39. The van der Waals surface area contributed by atoms with Crippen molar-refractivity contribution >= 4 is 23.2 Å². The Kier molecular flexibility index (Phi) is 7.16. The van der Waals surface area contributed by atoms with Crippen molar-refractivity contribution in [2.24, 2.45) is 0 Å². The van der Waals surface area contributed by atoms with Crippen molar-refractivity contribution < 1.29 is 19.1 Å². The highest BCUT2D eigenvalue weighted by molar-refractivity contribution is 6.05. The van der Waals surface area contributed by atoms with Gasteiger partial charge in [-0.15, -0.1) is 0 Å². The molecule has 0 saturated carbocycles. The second kappa shape index (κ2) is 10.4. The maximum atomic E-state index is 12.7. The van der Waals surface area contributed by atoms with Gasteiger partial charge in [-0.2, -0.15) is 0 Å². The van der Waals surface area contributed by atoms with Crippen LogP contribution in [0.5, 0.6) is 11.5 Å². The van der Waals surface area contributed by atoms with Crippen LogP contribution in [0.25, 0.3) is 0 Å². The van der Waals surface area contributed by atoms with Crippen molar-refractivity contribution in [2.45, 2.75) is 33.6 Å². The summed E-state index contributed by atoms with van der Waals surface area (Å²) >= 11 is 0. The molecule has 0 aromatic heterocycles. The molecule has 1 heterocycles. The zero-order chi connectivity index (χ0) is 24.1. The molecule has 34 heavy (non-hydrogen) atoms. The third kappa shape index (κ3) is 5.57. The topological polar surface area (TPSA) is 67.9 Å². The number of hydrogen-bond donors (Lipinski definition) is 1.